The second-order valence-corrected chi connectivity index (χ2v) is 8.56. The number of nitrogens with zero attached hydrogens (tertiary/aromatic N) is 1. The van der Waals surface area contributed by atoms with Crippen molar-refractivity contribution in [1.29, 1.82) is 0 Å². The lowest BCUT2D eigenvalue weighted by Gasteiger charge is -2.29. The van der Waals surface area contributed by atoms with E-state index in [0.717, 1.165) is 0 Å². The highest BCUT2D eigenvalue weighted by atomic mass is 16.4. The molecule has 6 unspecified atom stereocenters. The molecule has 0 heterocycles. The molecule has 4 amide bonds. The van der Waals surface area contributed by atoms with Crippen LogP contribution in [0.2, 0.25) is 0 Å². The average Bonchev–Trinajstić information content (AvgIpc) is 2.79. The summed E-state index contributed by atoms with van der Waals surface area (Å²) in [5.41, 5.74) is 21.2. The Morgan fingerprint density at radius 3 is 1.92 bits per heavy atom. The number of carbonyl (C=O) groups excluding carboxylic acids is 4. The Morgan fingerprint density at radius 1 is 0.889 bits per heavy atom. The van der Waals surface area contributed by atoms with Gasteiger partial charge in [0, 0.05) is 13.0 Å². The lowest BCUT2D eigenvalue weighted by atomic mass is 9.96. The van der Waals surface area contributed by atoms with E-state index < -0.39 is 65.8 Å². The van der Waals surface area contributed by atoms with Crippen LogP contribution in [-0.4, -0.2) is 82.6 Å². The number of aliphatic hydroxyl groups is 1. The molecule has 0 aliphatic rings. The number of nitrogens with two attached hydrogens (primary N) is 4. The molecule has 36 heavy (non-hydrogen) atoms. The number of hydrogen-bond acceptors (Lipinski definition) is 8. The Labute approximate surface area is 209 Å². The van der Waals surface area contributed by atoms with Gasteiger partial charge >= 0.3 is 5.97 Å². The van der Waals surface area contributed by atoms with Gasteiger partial charge in [-0.2, -0.15) is 0 Å². The van der Waals surface area contributed by atoms with Gasteiger partial charge in [0.15, 0.2) is 5.96 Å². The number of guanidine groups is 1. The molecular weight excluding hydrogens is 476 g/mol. The lowest BCUT2D eigenvalue weighted by Crippen LogP contribution is -2.61. The molecule has 0 saturated carbocycles. The maximum Gasteiger partial charge on any atom is 0.326 e. The summed E-state index contributed by atoms with van der Waals surface area (Å²) in [6, 6.07) is -5.05. The maximum absolute atomic E-state index is 12.9. The van der Waals surface area contributed by atoms with Gasteiger partial charge in [-0.25, -0.2) is 4.79 Å². The normalized spacial score (nSPS) is 15.8. The quantitative estimate of drug-likeness (QED) is 0.0524. The third kappa shape index (κ3) is 12.3. The van der Waals surface area contributed by atoms with Crippen molar-refractivity contribution in [2.45, 2.75) is 83.1 Å². The van der Waals surface area contributed by atoms with Gasteiger partial charge in [0.2, 0.25) is 23.6 Å². The van der Waals surface area contributed by atoms with E-state index in [-0.39, 0.29) is 38.2 Å². The van der Waals surface area contributed by atoms with Gasteiger partial charge < -0.3 is 49.1 Å². The van der Waals surface area contributed by atoms with Gasteiger partial charge in [-0.05, 0) is 32.1 Å². The minimum atomic E-state index is -1.47. The number of aliphatic carboxylic acids is 1. The first-order valence-electron chi connectivity index (χ1n) is 11.6. The number of primary amides is 1. The van der Waals surface area contributed by atoms with E-state index in [0.29, 0.717) is 6.42 Å². The number of aliphatic hydroxyl groups excluding tert-OH is 1. The summed E-state index contributed by atoms with van der Waals surface area (Å²) in [5, 5.41) is 26.7. The Kier molecular flexibility index (Phi) is 14.7. The Hall–Kier alpha value is -3.46. The van der Waals surface area contributed by atoms with Crippen LogP contribution in [0.25, 0.3) is 0 Å². The molecule has 0 aliphatic heterocycles. The zero-order valence-corrected chi connectivity index (χ0v) is 20.9. The minimum absolute atomic E-state index is 0.0363. The van der Waals surface area contributed by atoms with Crippen LogP contribution in [0.1, 0.15) is 52.9 Å². The number of aliphatic imine (C=N–C) groups is 1. The van der Waals surface area contributed by atoms with E-state index in [4.69, 9.17) is 22.9 Å². The molecule has 0 aromatic rings. The molecule has 0 spiro atoms. The van der Waals surface area contributed by atoms with E-state index in [1.807, 2.05) is 0 Å². The van der Waals surface area contributed by atoms with Crippen LogP contribution in [0.4, 0.5) is 0 Å². The molecule has 0 radical (unpaired) electrons. The molecule has 0 aliphatic carbocycles. The molecule has 206 valence electrons. The molecular formula is C21H40N8O7. The van der Waals surface area contributed by atoms with Crippen molar-refractivity contribution >= 4 is 35.6 Å². The fraction of sp³-hybridized carbons (Fsp3) is 0.714. The number of rotatable bonds is 17. The van der Waals surface area contributed by atoms with Gasteiger partial charge in [0.1, 0.15) is 18.1 Å². The van der Waals surface area contributed by atoms with Crippen LogP contribution in [0.3, 0.4) is 0 Å². The molecule has 0 saturated heterocycles. The summed E-state index contributed by atoms with van der Waals surface area (Å²) in [4.78, 5) is 64.4. The molecule has 15 heteroatoms. The van der Waals surface area contributed by atoms with Crippen molar-refractivity contribution in [3.63, 3.8) is 0 Å². The summed E-state index contributed by atoms with van der Waals surface area (Å²) in [5.74, 6) is -4.91. The predicted octanol–water partition coefficient (Wildman–Crippen LogP) is -3.40. The zero-order valence-electron chi connectivity index (χ0n) is 20.9. The van der Waals surface area contributed by atoms with Gasteiger partial charge in [-0.15, -0.1) is 0 Å². The molecule has 0 aromatic carbocycles. The number of amides is 4. The summed E-state index contributed by atoms with van der Waals surface area (Å²) in [6.45, 7) is 4.88. The van der Waals surface area contributed by atoms with Crippen molar-refractivity contribution in [3.8, 4) is 0 Å². The summed E-state index contributed by atoms with van der Waals surface area (Å²) in [6.07, 6.45) is -0.805. The summed E-state index contributed by atoms with van der Waals surface area (Å²) >= 11 is 0. The number of carboxylic acid groups (broad SMARTS) is 1. The second kappa shape index (κ2) is 16.3. The SMILES string of the molecule is CCC(C)C(NC(=O)C(NC(=O)C(N)CCC(N)=O)C(C)O)C(=O)NC(CCCN=C(N)N)C(=O)O. The van der Waals surface area contributed by atoms with Crippen LogP contribution in [0.5, 0.6) is 0 Å². The van der Waals surface area contributed by atoms with Crippen molar-refractivity contribution in [3.05, 3.63) is 0 Å². The van der Waals surface area contributed by atoms with Crippen LogP contribution >= 0.6 is 0 Å². The van der Waals surface area contributed by atoms with Crippen LogP contribution in [0.15, 0.2) is 4.99 Å². The largest absolute Gasteiger partial charge is 0.480 e. The highest BCUT2D eigenvalue weighted by Gasteiger charge is 2.34. The molecule has 0 fully saturated rings. The predicted molar refractivity (Wildman–Crippen MR) is 131 cm³/mol. The smallest absolute Gasteiger partial charge is 0.326 e. The number of carboxylic acids is 1. The monoisotopic (exact) mass is 516 g/mol. The van der Waals surface area contributed by atoms with Gasteiger partial charge in [-0.3, -0.25) is 24.2 Å². The number of nitrogens with one attached hydrogen (secondary N) is 3. The first-order chi connectivity index (χ1) is 16.7. The minimum Gasteiger partial charge on any atom is -0.480 e. The van der Waals surface area contributed by atoms with Crippen LogP contribution in [0, 0.1) is 5.92 Å². The average molecular weight is 517 g/mol. The highest BCUT2D eigenvalue weighted by molar-refractivity contribution is 5.94. The molecule has 0 rings (SSSR count). The van der Waals surface area contributed by atoms with Gasteiger partial charge in [-0.1, -0.05) is 20.3 Å². The summed E-state index contributed by atoms with van der Waals surface area (Å²) in [7, 11) is 0. The molecule has 0 bridgehead atoms. The second-order valence-electron chi connectivity index (χ2n) is 8.56. The van der Waals surface area contributed by atoms with E-state index in [9.17, 15) is 34.2 Å². The molecule has 6 atom stereocenters. The first-order valence-corrected chi connectivity index (χ1v) is 11.6. The third-order valence-electron chi connectivity index (χ3n) is 5.45. The van der Waals surface area contributed by atoms with E-state index >= 15 is 0 Å². The third-order valence-corrected chi connectivity index (χ3v) is 5.45. The molecule has 15 nitrogen and oxygen atoms in total. The van der Waals surface area contributed by atoms with E-state index in [1.54, 1.807) is 13.8 Å². The summed E-state index contributed by atoms with van der Waals surface area (Å²) < 4.78 is 0. The molecule has 13 N–H and O–H groups in total. The van der Waals surface area contributed by atoms with Gasteiger partial charge in [0.05, 0.1) is 12.1 Å². The number of hydrogen-bond donors (Lipinski definition) is 9. The lowest BCUT2D eigenvalue weighted by molar-refractivity contribution is -0.143. The standard InChI is InChI=1S/C21H40N8O7/c1-4-10(2)15(18(33)27-13(20(35)36)6-5-9-26-21(24)25)28-19(34)16(11(3)30)29-17(32)12(22)7-8-14(23)31/h10-13,15-16,30H,4-9,22H2,1-3H3,(H2,23,31)(H,27,33)(H,28,34)(H,29,32)(H,35,36)(H4,24,25,26). The van der Waals surface area contributed by atoms with Crippen molar-refractivity contribution < 1.29 is 34.2 Å². The van der Waals surface area contributed by atoms with E-state index in [2.05, 4.69) is 20.9 Å². The zero-order chi connectivity index (χ0) is 28.0. The van der Waals surface area contributed by atoms with E-state index in [1.165, 1.54) is 6.92 Å². The Bertz CT molecular complexity index is 801. The topological polar surface area (TPSA) is 278 Å². The van der Waals surface area contributed by atoms with Crippen molar-refractivity contribution in [1.82, 2.24) is 16.0 Å². The van der Waals surface area contributed by atoms with Crippen molar-refractivity contribution in [2.24, 2.45) is 33.8 Å². The van der Waals surface area contributed by atoms with Crippen molar-refractivity contribution in [2.75, 3.05) is 6.54 Å². The van der Waals surface area contributed by atoms with Crippen LogP contribution < -0.4 is 38.9 Å². The fourth-order valence-corrected chi connectivity index (χ4v) is 3.06. The fourth-order valence-electron chi connectivity index (χ4n) is 3.06. The molecule has 0 aromatic heterocycles. The Morgan fingerprint density at radius 2 is 1.44 bits per heavy atom. The van der Waals surface area contributed by atoms with Gasteiger partial charge in [0.25, 0.3) is 0 Å². The first kappa shape index (κ1) is 32.5. The van der Waals surface area contributed by atoms with Crippen LogP contribution in [-0.2, 0) is 24.0 Å². The Balaban J connectivity index is 5.42. The maximum atomic E-state index is 12.9. The highest BCUT2D eigenvalue weighted by Crippen LogP contribution is 2.11. The number of carbonyl (C=O) groups is 5.